The van der Waals surface area contributed by atoms with Gasteiger partial charge in [0.05, 0.1) is 0 Å². The Morgan fingerprint density at radius 3 is 3.06 bits per heavy atom. The van der Waals surface area contributed by atoms with Gasteiger partial charge in [-0.15, -0.1) is 0 Å². The van der Waals surface area contributed by atoms with Crippen LogP contribution in [0.1, 0.15) is 37.3 Å². The van der Waals surface area contributed by atoms with E-state index in [1.54, 1.807) is 0 Å². The summed E-state index contributed by atoms with van der Waals surface area (Å²) >= 11 is 0. The van der Waals surface area contributed by atoms with E-state index in [1.165, 1.54) is 49.0 Å². The highest BCUT2D eigenvalue weighted by Gasteiger charge is 2.34. The molecular weight excluding hydrogens is 220 g/mol. The van der Waals surface area contributed by atoms with Gasteiger partial charge < -0.3 is 10.2 Å². The topological polar surface area (TPSA) is 15.3 Å². The minimum atomic E-state index is 0.786. The molecule has 2 nitrogen and oxygen atoms in total. The molecule has 2 unspecified atom stereocenters. The van der Waals surface area contributed by atoms with Gasteiger partial charge in [0, 0.05) is 31.9 Å². The molecule has 0 bridgehead atoms. The van der Waals surface area contributed by atoms with Crippen LogP contribution in [-0.2, 0) is 13.0 Å². The molecule has 3 rings (SSSR count). The SMILES string of the molecule is CCC1CC1NCc1ccc2c(c1)CCCN2C. The van der Waals surface area contributed by atoms with Gasteiger partial charge in [-0.25, -0.2) is 0 Å². The van der Waals surface area contributed by atoms with Crippen molar-refractivity contribution in [1.29, 1.82) is 0 Å². The van der Waals surface area contributed by atoms with Crippen molar-refractivity contribution in [2.24, 2.45) is 5.92 Å². The highest BCUT2D eigenvalue weighted by Crippen LogP contribution is 2.33. The number of hydrogen-bond donors (Lipinski definition) is 1. The van der Waals surface area contributed by atoms with Crippen LogP contribution in [0.25, 0.3) is 0 Å². The quantitative estimate of drug-likeness (QED) is 0.876. The summed E-state index contributed by atoms with van der Waals surface area (Å²) in [5.74, 6) is 0.939. The molecule has 1 aromatic rings. The van der Waals surface area contributed by atoms with Gasteiger partial charge in [0.2, 0.25) is 0 Å². The number of nitrogens with zero attached hydrogens (tertiary/aromatic N) is 1. The summed E-state index contributed by atoms with van der Waals surface area (Å²) in [4.78, 5) is 2.38. The second kappa shape index (κ2) is 4.93. The standard InChI is InChI=1S/C16H24N2/c1-3-13-10-15(13)17-11-12-6-7-16-14(9-12)5-4-8-18(16)2/h6-7,9,13,15,17H,3-5,8,10-11H2,1-2H3. The van der Waals surface area contributed by atoms with Crippen molar-refractivity contribution >= 4 is 5.69 Å². The van der Waals surface area contributed by atoms with Crippen molar-refractivity contribution in [2.45, 2.75) is 45.2 Å². The van der Waals surface area contributed by atoms with Crippen LogP contribution in [0.5, 0.6) is 0 Å². The van der Waals surface area contributed by atoms with Crippen LogP contribution in [0, 0.1) is 5.92 Å². The minimum Gasteiger partial charge on any atom is -0.374 e. The zero-order valence-corrected chi connectivity index (χ0v) is 11.6. The van der Waals surface area contributed by atoms with Crippen LogP contribution in [0.2, 0.25) is 0 Å². The van der Waals surface area contributed by atoms with Crippen molar-refractivity contribution in [3.63, 3.8) is 0 Å². The molecule has 0 saturated heterocycles. The van der Waals surface area contributed by atoms with E-state index in [9.17, 15) is 0 Å². The molecule has 2 aliphatic rings. The van der Waals surface area contributed by atoms with E-state index in [1.807, 2.05) is 0 Å². The van der Waals surface area contributed by atoms with E-state index in [0.717, 1.165) is 18.5 Å². The van der Waals surface area contributed by atoms with Crippen LogP contribution in [0.3, 0.4) is 0 Å². The number of aryl methyl sites for hydroxylation is 1. The first kappa shape index (κ1) is 12.0. The van der Waals surface area contributed by atoms with Crippen LogP contribution < -0.4 is 10.2 Å². The molecule has 0 spiro atoms. The maximum atomic E-state index is 3.68. The number of hydrogen-bond acceptors (Lipinski definition) is 2. The fourth-order valence-electron chi connectivity index (χ4n) is 3.15. The Labute approximate surface area is 110 Å². The summed E-state index contributed by atoms with van der Waals surface area (Å²) in [6, 6.07) is 7.78. The molecule has 0 radical (unpaired) electrons. The molecule has 1 heterocycles. The Morgan fingerprint density at radius 1 is 1.39 bits per heavy atom. The van der Waals surface area contributed by atoms with Gasteiger partial charge in [-0.1, -0.05) is 25.5 Å². The van der Waals surface area contributed by atoms with E-state index in [-0.39, 0.29) is 0 Å². The lowest BCUT2D eigenvalue weighted by atomic mass is 9.99. The maximum absolute atomic E-state index is 3.68. The zero-order chi connectivity index (χ0) is 12.5. The van der Waals surface area contributed by atoms with E-state index in [2.05, 4.69) is 42.4 Å². The van der Waals surface area contributed by atoms with Gasteiger partial charge in [0.15, 0.2) is 0 Å². The Kier molecular flexibility index (Phi) is 3.29. The predicted molar refractivity (Wildman–Crippen MR) is 77.1 cm³/mol. The lowest BCUT2D eigenvalue weighted by molar-refractivity contribution is 0.622. The molecule has 18 heavy (non-hydrogen) atoms. The third-order valence-electron chi connectivity index (χ3n) is 4.51. The third-order valence-corrected chi connectivity index (χ3v) is 4.51. The molecule has 0 amide bonds. The van der Waals surface area contributed by atoms with Crippen LogP contribution in [-0.4, -0.2) is 19.6 Å². The molecule has 1 aliphatic carbocycles. The van der Waals surface area contributed by atoms with Gasteiger partial charge in [0.1, 0.15) is 0 Å². The summed E-state index contributed by atoms with van der Waals surface area (Å²) in [6.45, 7) is 4.53. The average Bonchev–Trinajstić information content (AvgIpc) is 3.15. The first-order valence-corrected chi connectivity index (χ1v) is 7.34. The molecule has 2 atom stereocenters. The number of anilines is 1. The Balaban J connectivity index is 1.63. The van der Waals surface area contributed by atoms with Crippen molar-refractivity contribution in [3.8, 4) is 0 Å². The number of benzene rings is 1. The molecule has 2 heteroatoms. The number of fused-ring (bicyclic) bond motifs is 1. The third kappa shape index (κ3) is 2.39. The van der Waals surface area contributed by atoms with E-state index < -0.39 is 0 Å². The second-order valence-corrected chi connectivity index (χ2v) is 5.88. The van der Waals surface area contributed by atoms with Gasteiger partial charge >= 0.3 is 0 Å². The number of nitrogens with one attached hydrogen (secondary N) is 1. The fraction of sp³-hybridized carbons (Fsp3) is 0.625. The van der Waals surface area contributed by atoms with Gasteiger partial charge in [0.25, 0.3) is 0 Å². The molecule has 1 aromatic carbocycles. The van der Waals surface area contributed by atoms with Crippen LogP contribution >= 0.6 is 0 Å². The maximum Gasteiger partial charge on any atom is 0.0396 e. The summed E-state index contributed by atoms with van der Waals surface area (Å²) < 4.78 is 0. The van der Waals surface area contributed by atoms with Gasteiger partial charge in [-0.3, -0.25) is 0 Å². The van der Waals surface area contributed by atoms with Crippen molar-refractivity contribution in [1.82, 2.24) is 5.32 Å². The predicted octanol–water partition coefficient (Wildman–Crippen LogP) is 2.96. The monoisotopic (exact) mass is 244 g/mol. The zero-order valence-electron chi connectivity index (χ0n) is 11.6. The summed E-state index contributed by atoms with van der Waals surface area (Å²) in [6.07, 6.45) is 5.24. The Morgan fingerprint density at radius 2 is 2.28 bits per heavy atom. The smallest absolute Gasteiger partial charge is 0.0396 e. The van der Waals surface area contributed by atoms with E-state index in [0.29, 0.717) is 0 Å². The molecule has 0 aromatic heterocycles. The van der Waals surface area contributed by atoms with Crippen molar-refractivity contribution in [3.05, 3.63) is 29.3 Å². The lowest BCUT2D eigenvalue weighted by Crippen LogP contribution is -2.25. The van der Waals surface area contributed by atoms with Crippen LogP contribution in [0.4, 0.5) is 5.69 Å². The highest BCUT2D eigenvalue weighted by molar-refractivity contribution is 5.56. The molecule has 1 aliphatic heterocycles. The lowest BCUT2D eigenvalue weighted by Gasteiger charge is -2.27. The van der Waals surface area contributed by atoms with E-state index >= 15 is 0 Å². The van der Waals surface area contributed by atoms with Gasteiger partial charge in [-0.2, -0.15) is 0 Å². The largest absolute Gasteiger partial charge is 0.374 e. The Bertz CT molecular complexity index is 427. The number of rotatable bonds is 4. The summed E-state index contributed by atoms with van der Waals surface area (Å²) in [7, 11) is 2.20. The summed E-state index contributed by atoms with van der Waals surface area (Å²) in [5.41, 5.74) is 4.42. The first-order chi connectivity index (χ1) is 8.78. The average molecular weight is 244 g/mol. The fourth-order valence-corrected chi connectivity index (χ4v) is 3.15. The first-order valence-electron chi connectivity index (χ1n) is 7.34. The van der Waals surface area contributed by atoms with E-state index in [4.69, 9.17) is 0 Å². The molecule has 1 N–H and O–H groups in total. The highest BCUT2D eigenvalue weighted by atomic mass is 15.1. The molecule has 1 saturated carbocycles. The Hall–Kier alpha value is -1.02. The van der Waals surface area contributed by atoms with Crippen LogP contribution in [0.15, 0.2) is 18.2 Å². The molecule has 1 fully saturated rings. The minimum absolute atomic E-state index is 0.786. The normalized spacial score (nSPS) is 26.0. The molecular formula is C16H24N2. The van der Waals surface area contributed by atoms with Crippen molar-refractivity contribution < 1.29 is 0 Å². The molecule has 98 valence electrons. The van der Waals surface area contributed by atoms with Crippen molar-refractivity contribution in [2.75, 3.05) is 18.5 Å². The second-order valence-electron chi connectivity index (χ2n) is 5.88. The van der Waals surface area contributed by atoms with Gasteiger partial charge in [-0.05, 0) is 42.4 Å². The summed E-state index contributed by atoms with van der Waals surface area (Å²) in [5, 5.41) is 3.68.